The molecule has 1 aromatic heterocycles. The smallest absolute Gasteiger partial charge is 0.319 e. The fraction of sp³-hybridized carbons (Fsp3) is 0.154. The van der Waals surface area contributed by atoms with E-state index in [0.29, 0.717) is 39.6 Å². The van der Waals surface area contributed by atoms with Gasteiger partial charge in [0.2, 0.25) is 11.0 Å². The van der Waals surface area contributed by atoms with Crippen molar-refractivity contribution in [2.45, 2.75) is 19.4 Å². The Morgan fingerprint density at radius 2 is 1.67 bits per heavy atom. The number of carbonyl (C=O) groups is 2. The van der Waals surface area contributed by atoms with E-state index in [1.54, 1.807) is 36.4 Å². The van der Waals surface area contributed by atoms with E-state index in [1.165, 1.54) is 11.3 Å². The van der Waals surface area contributed by atoms with E-state index in [9.17, 15) is 9.59 Å². The summed E-state index contributed by atoms with van der Waals surface area (Å²) in [5, 5.41) is 18.1. The van der Waals surface area contributed by atoms with Gasteiger partial charge in [-0.2, -0.15) is 0 Å². The summed E-state index contributed by atoms with van der Waals surface area (Å²) in [7, 11) is 0. The lowest BCUT2D eigenvalue weighted by Gasteiger charge is -2.18. The lowest BCUT2D eigenvalue weighted by atomic mass is 10.1. The molecular formula is C26H24ClN5O3S. The van der Waals surface area contributed by atoms with E-state index in [4.69, 9.17) is 16.3 Å². The molecule has 0 saturated carbocycles. The van der Waals surface area contributed by atoms with Gasteiger partial charge in [0, 0.05) is 22.7 Å². The Kier molecular flexibility index (Phi) is 8.48. The molecule has 0 aliphatic heterocycles. The van der Waals surface area contributed by atoms with Crippen LogP contribution in [0.5, 0.6) is 5.75 Å². The van der Waals surface area contributed by atoms with Gasteiger partial charge in [-0.3, -0.25) is 10.1 Å². The number of halogens is 1. The minimum absolute atomic E-state index is 0.298. The summed E-state index contributed by atoms with van der Waals surface area (Å²) in [5.74, 6) is 0.305. The van der Waals surface area contributed by atoms with Crippen molar-refractivity contribution < 1.29 is 14.3 Å². The van der Waals surface area contributed by atoms with Crippen LogP contribution in [-0.4, -0.2) is 34.8 Å². The van der Waals surface area contributed by atoms with Crippen LogP contribution in [0.25, 0.3) is 10.6 Å². The highest BCUT2D eigenvalue weighted by atomic mass is 35.5. The number of amides is 3. The third-order valence-corrected chi connectivity index (χ3v) is 6.21. The van der Waals surface area contributed by atoms with Crippen LogP contribution in [0.4, 0.5) is 15.6 Å². The van der Waals surface area contributed by atoms with Crippen LogP contribution in [-0.2, 0) is 11.2 Å². The Morgan fingerprint density at radius 1 is 0.944 bits per heavy atom. The Balaban J connectivity index is 1.44. The van der Waals surface area contributed by atoms with E-state index in [-0.39, 0.29) is 0 Å². The average molecular weight is 522 g/mol. The average Bonchev–Trinajstić information content (AvgIpc) is 3.34. The zero-order valence-electron chi connectivity index (χ0n) is 19.4. The largest absolute Gasteiger partial charge is 0.494 e. The monoisotopic (exact) mass is 521 g/mol. The maximum atomic E-state index is 13.2. The van der Waals surface area contributed by atoms with Gasteiger partial charge in [-0.05, 0) is 48.9 Å². The predicted octanol–water partition coefficient (Wildman–Crippen LogP) is 5.63. The number of ether oxygens (including phenoxy) is 1. The Labute approximate surface area is 217 Å². The molecule has 4 rings (SSSR count). The van der Waals surface area contributed by atoms with Gasteiger partial charge in [-0.15, -0.1) is 10.2 Å². The first-order valence-corrected chi connectivity index (χ1v) is 12.4. The molecule has 8 nitrogen and oxygen atoms in total. The lowest BCUT2D eigenvalue weighted by molar-refractivity contribution is -0.117. The van der Waals surface area contributed by atoms with Crippen LogP contribution in [0.1, 0.15) is 12.5 Å². The Hall–Kier alpha value is -3.95. The third-order valence-electron chi connectivity index (χ3n) is 5.07. The second kappa shape index (κ2) is 12.1. The second-order valence-electron chi connectivity index (χ2n) is 7.71. The number of anilines is 2. The van der Waals surface area contributed by atoms with Crippen LogP contribution >= 0.6 is 22.9 Å². The highest BCUT2D eigenvalue weighted by Gasteiger charge is 2.23. The van der Waals surface area contributed by atoms with E-state index in [0.717, 1.165) is 11.1 Å². The standard InChI is InChI=1S/C26H24ClN5O3S/c1-2-35-21-14-12-20(13-15-21)28-25(34)29-22(16-17-6-4-3-5-7-17)23(33)30-26-32-31-24(36-26)18-8-10-19(27)11-9-18/h3-15,22H,2,16H2,1H3,(H2,28,29,34)(H,30,32,33)/t22-/m1/s1. The fourth-order valence-electron chi connectivity index (χ4n) is 3.36. The molecule has 0 radical (unpaired) electrons. The van der Waals surface area contributed by atoms with Gasteiger partial charge in [0.1, 0.15) is 16.8 Å². The SMILES string of the molecule is CCOc1ccc(NC(=O)N[C@H](Cc2ccccc2)C(=O)Nc2nnc(-c3ccc(Cl)cc3)s2)cc1. The summed E-state index contributed by atoms with van der Waals surface area (Å²) in [4.78, 5) is 25.9. The third kappa shape index (κ3) is 7.03. The lowest BCUT2D eigenvalue weighted by Crippen LogP contribution is -2.46. The van der Waals surface area contributed by atoms with E-state index >= 15 is 0 Å². The summed E-state index contributed by atoms with van der Waals surface area (Å²) in [6, 6.07) is 22.3. The Bertz CT molecular complexity index is 1300. The number of benzene rings is 3. The minimum atomic E-state index is -0.849. The van der Waals surface area contributed by atoms with Crippen LogP contribution in [0.3, 0.4) is 0 Å². The Morgan fingerprint density at radius 3 is 2.36 bits per heavy atom. The van der Waals surface area contributed by atoms with Gasteiger partial charge >= 0.3 is 6.03 Å². The van der Waals surface area contributed by atoms with Crippen molar-refractivity contribution in [2.75, 3.05) is 17.2 Å². The van der Waals surface area contributed by atoms with Crippen LogP contribution < -0.4 is 20.7 Å². The molecule has 3 N–H and O–H groups in total. The number of hydrogen-bond acceptors (Lipinski definition) is 6. The molecule has 0 spiro atoms. The summed E-state index contributed by atoms with van der Waals surface area (Å²) < 4.78 is 5.42. The number of urea groups is 1. The van der Waals surface area contributed by atoms with Crippen molar-refractivity contribution in [1.29, 1.82) is 0 Å². The fourth-order valence-corrected chi connectivity index (χ4v) is 4.24. The number of nitrogens with zero attached hydrogens (tertiary/aromatic N) is 2. The normalized spacial score (nSPS) is 11.4. The molecule has 184 valence electrons. The molecule has 10 heteroatoms. The van der Waals surface area contributed by atoms with Crippen molar-refractivity contribution in [3.8, 4) is 16.3 Å². The summed E-state index contributed by atoms with van der Waals surface area (Å²) in [6.07, 6.45) is 0.298. The van der Waals surface area contributed by atoms with Crippen LogP contribution in [0, 0.1) is 0 Å². The number of carbonyl (C=O) groups excluding carboxylic acids is 2. The maximum Gasteiger partial charge on any atom is 0.319 e. The van der Waals surface area contributed by atoms with Gasteiger partial charge in [-0.25, -0.2) is 4.79 Å². The molecule has 36 heavy (non-hydrogen) atoms. The van der Waals surface area contributed by atoms with Crippen LogP contribution in [0.15, 0.2) is 78.9 Å². The molecular weight excluding hydrogens is 498 g/mol. The first-order valence-electron chi connectivity index (χ1n) is 11.2. The predicted molar refractivity (Wildman–Crippen MR) is 143 cm³/mol. The molecule has 0 bridgehead atoms. The van der Waals surface area contributed by atoms with E-state index in [2.05, 4.69) is 26.1 Å². The van der Waals surface area contributed by atoms with Gasteiger partial charge in [0.05, 0.1) is 6.61 Å². The molecule has 0 unspecified atom stereocenters. The van der Waals surface area contributed by atoms with E-state index < -0.39 is 18.0 Å². The van der Waals surface area contributed by atoms with Crippen molar-refractivity contribution in [3.05, 3.63) is 89.4 Å². The zero-order valence-corrected chi connectivity index (χ0v) is 21.0. The summed E-state index contributed by atoms with van der Waals surface area (Å²) in [6.45, 7) is 2.46. The summed E-state index contributed by atoms with van der Waals surface area (Å²) in [5.41, 5.74) is 2.32. The molecule has 1 atom stereocenters. The molecule has 0 aliphatic carbocycles. The van der Waals surface area contributed by atoms with Crippen molar-refractivity contribution in [1.82, 2.24) is 15.5 Å². The van der Waals surface area contributed by atoms with Gasteiger partial charge < -0.3 is 15.4 Å². The topological polar surface area (TPSA) is 105 Å². The highest BCUT2D eigenvalue weighted by Crippen LogP contribution is 2.27. The quantitative estimate of drug-likeness (QED) is 0.265. The molecule has 3 aromatic carbocycles. The number of aromatic nitrogens is 2. The van der Waals surface area contributed by atoms with Crippen molar-refractivity contribution in [3.63, 3.8) is 0 Å². The number of hydrogen-bond donors (Lipinski definition) is 3. The minimum Gasteiger partial charge on any atom is -0.494 e. The molecule has 0 fully saturated rings. The van der Waals surface area contributed by atoms with E-state index in [1.807, 2.05) is 49.4 Å². The van der Waals surface area contributed by atoms with Crippen molar-refractivity contribution in [2.24, 2.45) is 0 Å². The first kappa shape index (κ1) is 25.2. The van der Waals surface area contributed by atoms with Gasteiger partial charge in [-0.1, -0.05) is 65.4 Å². The van der Waals surface area contributed by atoms with Crippen molar-refractivity contribution >= 4 is 45.7 Å². The maximum absolute atomic E-state index is 13.2. The zero-order chi connectivity index (χ0) is 25.3. The van der Waals surface area contributed by atoms with Crippen LogP contribution in [0.2, 0.25) is 5.02 Å². The van der Waals surface area contributed by atoms with Gasteiger partial charge in [0.25, 0.3) is 0 Å². The number of rotatable bonds is 9. The molecule has 1 heterocycles. The molecule has 3 amide bonds. The highest BCUT2D eigenvalue weighted by molar-refractivity contribution is 7.18. The second-order valence-corrected chi connectivity index (χ2v) is 9.12. The van der Waals surface area contributed by atoms with Gasteiger partial charge in [0.15, 0.2) is 0 Å². The summed E-state index contributed by atoms with van der Waals surface area (Å²) >= 11 is 7.19. The number of nitrogens with one attached hydrogen (secondary N) is 3. The molecule has 0 saturated heterocycles. The molecule has 4 aromatic rings. The first-order chi connectivity index (χ1) is 17.5. The molecule has 0 aliphatic rings.